The SMILES string of the molecule is CC.CCCC(N)Cc1ccc(NC)cc1. The van der Waals surface area contributed by atoms with Crippen molar-refractivity contribution in [3.63, 3.8) is 0 Å². The summed E-state index contributed by atoms with van der Waals surface area (Å²) >= 11 is 0. The quantitative estimate of drug-likeness (QED) is 0.801. The second-order valence-electron chi connectivity index (χ2n) is 3.70. The fraction of sp³-hybridized carbons (Fsp3) is 0.571. The fourth-order valence-electron chi connectivity index (χ4n) is 1.58. The van der Waals surface area contributed by atoms with Crippen LogP contribution in [0.1, 0.15) is 39.2 Å². The molecule has 1 aromatic carbocycles. The van der Waals surface area contributed by atoms with Gasteiger partial charge in [-0.2, -0.15) is 0 Å². The van der Waals surface area contributed by atoms with Gasteiger partial charge in [-0.05, 0) is 30.5 Å². The third kappa shape index (κ3) is 5.76. The van der Waals surface area contributed by atoms with Crippen molar-refractivity contribution in [3.05, 3.63) is 29.8 Å². The van der Waals surface area contributed by atoms with Crippen LogP contribution in [0.15, 0.2) is 24.3 Å². The van der Waals surface area contributed by atoms with Crippen LogP contribution in [0.5, 0.6) is 0 Å². The van der Waals surface area contributed by atoms with Gasteiger partial charge in [0, 0.05) is 18.8 Å². The Morgan fingerprint density at radius 2 is 1.75 bits per heavy atom. The molecule has 2 nitrogen and oxygen atoms in total. The Labute approximate surface area is 100 Å². The summed E-state index contributed by atoms with van der Waals surface area (Å²) in [6.07, 6.45) is 3.25. The standard InChI is InChI=1S/C12H20N2.C2H6/c1-3-4-11(13)9-10-5-7-12(14-2)8-6-10;1-2/h5-8,11,14H,3-4,9,13H2,1-2H3;1-2H3. The van der Waals surface area contributed by atoms with Gasteiger partial charge in [-0.1, -0.05) is 39.3 Å². The van der Waals surface area contributed by atoms with E-state index < -0.39 is 0 Å². The van der Waals surface area contributed by atoms with Gasteiger partial charge in [0.1, 0.15) is 0 Å². The van der Waals surface area contributed by atoms with E-state index in [1.165, 1.54) is 5.56 Å². The van der Waals surface area contributed by atoms with Gasteiger partial charge in [0.25, 0.3) is 0 Å². The van der Waals surface area contributed by atoms with Crippen molar-refractivity contribution in [1.29, 1.82) is 0 Å². The molecular formula is C14H26N2. The van der Waals surface area contributed by atoms with Gasteiger partial charge in [-0.15, -0.1) is 0 Å². The van der Waals surface area contributed by atoms with Crippen LogP contribution >= 0.6 is 0 Å². The van der Waals surface area contributed by atoms with E-state index in [-0.39, 0.29) is 0 Å². The van der Waals surface area contributed by atoms with Crippen molar-refractivity contribution in [2.24, 2.45) is 5.73 Å². The first-order valence-corrected chi connectivity index (χ1v) is 6.28. The number of hydrogen-bond donors (Lipinski definition) is 2. The maximum Gasteiger partial charge on any atom is 0.0337 e. The molecule has 0 spiro atoms. The number of rotatable bonds is 5. The lowest BCUT2D eigenvalue weighted by molar-refractivity contribution is 0.600. The van der Waals surface area contributed by atoms with Crippen LogP contribution < -0.4 is 11.1 Å². The molecule has 1 rings (SSSR count). The summed E-state index contributed by atoms with van der Waals surface area (Å²) in [5, 5.41) is 3.10. The normalized spacial score (nSPS) is 11.3. The summed E-state index contributed by atoms with van der Waals surface area (Å²) in [4.78, 5) is 0. The van der Waals surface area contributed by atoms with E-state index in [0.717, 1.165) is 24.9 Å². The maximum atomic E-state index is 5.97. The highest BCUT2D eigenvalue weighted by Crippen LogP contribution is 2.11. The molecule has 1 atom stereocenters. The van der Waals surface area contributed by atoms with Crippen molar-refractivity contribution in [3.8, 4) is 0 Å². The predicted molar refractivity (Wildman–Crippen MR) is 73.9 cm³/mol. The number of hydrogen-bond acceptors (Lipinski definition) is 2. The largest absolute Gasteiger partial charge is 0.388 e. The van der Waals surface area contributed by atoms with E-state index >= 15 is 0 Å². The smallest absolute Gasteiger partial charge is 0.0337 e. The molecule has 0 aromatic heterocycles. The van der Waals surface area contributed by atoms with Crippen LogP contribution in [0.25, 0.3) is 0 Å². The van der Waals surface area contributed by atoms with Gasteiger partial charge in [-0.25, -0.2) is 0 Å². The molecule has 92 valence electrons. The van der Waals surface area contributed by atoms with Gasteiger partial charge in [-0.3, -0.25) is 0 Å². The number of anilines is 1. The van der Waals surface area contributed by atoms with Crippen LogP contribution in [0, 0.1) is 0 Å². The second kappa shape index (κ2) is 9.22. The zero-order valence-electron chi connectivity index (χ0n) is 11.1. The third-order valence-corrected chi connectivity index (χ3v) is 2.40. The highest BCUT2D eigenvalue weighted by atomic mass is 14.8. The first-order valence-electron chi connectivity index (χ1n) is 6.28. The lowest BCUT2D eigenvalue weighted by Gasteiger charge is -2.10. The lowest BCUT2D eigenvalue weighted by atomic mass is 10.0. The molecule has 0 radical (unpaired) electrons. The molecular weight excluding hydrogens is 196 g/mol. The molecule has 0 heterocycles. The Hall–Kier alpha value is -1.02. The Bertz CT molecular complexity index is 254. The third-order valence-electron chi connectivity index (χ3n) is 2.40. The van der Waals surface area contributed by atoms with E-state index in [1.54, 1.807) is 0 Å². The molecule has 0 saturated carbocycles. The Morgan fingerprint density at radius 1 is 1.19 bits per heavy atom. The Kier molecular flexibility index (Phi) is 8.64. The van der Waals surface area contributed by atoms with Crippen molar-refractivity contribution >= 4 is 5.69 Å². The van der Waals surface area contributed by atoms with Gasteiger partial charge in [0.2, 0.25) is 0 Å². The molecule has 0 amide bonds. The molecule has 0 aliphatic carbocycles. The second-order valence-corrected chi connectivity index (χ2v) is 3.70. The molecule has 16 heavy (non-hydrogen) atoms. The summed E-state index contributed by atoms with van der Waals surface area (Å²) in [6, 6.07) is 8.77. The Balaban J connectivity index is 0.00000106. The van der Waals surface area contributed by atoms with Crippen molar-refractivity contribution in [2.75, 3.05) is 12.4 Å². The van der Waals surface area contributed by atoms with Gasteiger partial charge in [0.15, 0.2) is 0 Å². The van der Waals surface area contributed by atoms with E-state index in [1.807, 2.05) is 20.9 Å². The Morgan fingerprint density at radius 3 is 2.19 bits per heavy atom. The molecule has 1 unspecified atom stereocenters. The van der Waals surface area contributed by atoms with Crippen LogP contribution in [0.2, 0.25) is 0 Å². The van der Waals surface area contributed by atoms with E-state index in [2.05, 4.69) is 36.5 Å². The van der Waals surface area contributed by atoms with E-state index in [0.29, 0.717) is 6.04 Å². The van der Waals surface area contributed by atoms with Crippen molar-refractivity contribution in [2.45, 2.75) is 46.1 Å². The van der Waals surface area contributed by atoms with E-state index in [9.17, 15) is 0 Å². The highest BCUT2D eigenvalue weighted by Gasteiger charge is 2.02. The maximum absolute atomic E-state index is 5.97. The molecule has 0 aliphatic heterocycles. The monoisotopic (exact) mass is 222 g/mol. The van der Waals surface area contributed by atoms with Crippen LogP contribution in [0.3, 0.4) is 0 Å². The number of nitrogens with one attached hydrogen (secondary N) is 1. The number of benzene rings is 1. The molecule has 0 bridgehead atoms. The molecule has 2 heteroatoms. The minimum atomic E-state index is 0.306. The topological polar surface area (TPSA) is 38.0 Å². The summed E-state index contributed by atoms with van der Waals surface area (Å²) < 4.78 is 0. The first kappa shape index (κ1) is 15.0. The van der Waals surface area contributed by atoms with Gasteiger partial charge < -0.3 is 11.1 Å². The van der Waals surface area contributed by atoms with Gasteiger partial charge in [0.05, 0.1) is 0 Å². The van der Waals surface area contributed by atoms with Crippen LogP contribution in [0.4, 0.5) is 5.69 Å². The number of nitrogens with two attached hydrogens (primary N) is 1. The zero-order valence-corrected chi connectivity index (χ0v) is 11.1. The summed E-state index contributed by atoms with van der Waals surface area (Å²) in [5.41, 5.74) is 8.45. The van der Waals surface area contributed by atoms with E-state index in [4.69, 9.17) is 5.73 Å². The average molecular weight is 222 g/mol. The van der Waals surface area contributed by atoms with Crippen LogP contribution in [-0.4, -0.2) is 13.1 Å². The lowest BCUT2D eigenvalue weighted by Crippen LogP contribution is -2.22. The van der Waals surface area contributed by atoms with Crippen molar-refractivity contribution in [1.82, 2.24) is 0 Å². The molecule has 0 saturated heterocycles. The summed E-state index contributed by atoms with van der Waals surface area (Å²) in [6.45, 7) is 6.17. The zero-order chi connectivity index (χ0) is 12.4. The fourth-order valence-corrected chi connectivity index (χ4v) is 1.58. The minimum absolute atomic E-state index is 0.306. The summed E-state index contributed by atoms with van der Waals surface area (Å²) in [7, 11) is 1.93. The molecule has 0 aliphatic rings. The molecule has 1 aromatic rings. The van der Waals surface area contributed by atoms with Gasteiger partial charge >= 0.3 is 0 Å². The van der Waals surface area contributed by atoms with Crippen LogP contribution in [-0.2, 0) is 6.42 Å². The predicted octanol–water partition coefficient (Wildman–Crippen LogP) is 3.42. The average Bonchev–Trinajstić information content (AvgIpc) is 2.33. The minimum Gasteiger partial charge on any atom is -0.388 e. The van der Waals surface area contributed by atoms with Crippen molar-refractivity contribution < 1.29 is 0 Å². The molecule has 0 fully saturated rings. The highest BCUT2D eigenvalue weighted by molar-refractivity contribution is 5.43. The summed E-state index contributed by atoms with van der Waals surface area (Å²) in [5.74, 6) is 0. The molecule has 3 N–H and O–H groups in total. The first-order chi connectivity index (χ1) is 7.76.